The first kappa shape index (κ1) is 5.96. The molecule has 0 amide bonds. The van der Waals surface area contributed by atoms with Crippen molar-refractivity contribution in [3.8, 4) is 0 Å². The maximum absolute atomic E-state index is 10.9. The summed E-state index contributed by atoms with van der Waals surface area (Å²) in [6, 6.07) is 0. The van der Waals surface area contributed by atoms with Gasteiger partial charge >= 0.3 is 5.97 Å². The zero-order valence-electron chi connectivity index (χ0n) is 5.91. The Kier molecular flexibility index (Phi) is 1.10. The van der Waals surface area contributed by atoms with Crippen LogP contribution in [0.15, 0.2) is 12.2 Å². The van der Waals surface area contributed by atoms with Crippen molar-refractivity contribution < 1.29 is 9.53 Å². The van der Waals surface area contributed by atoms with Gasteiger partial charge in [0.25, 0.3) is 0 Å². The summed E-state index contributed by atoms with van der Waals surface area (Å²) >= 11 is 0. The van der Waals surface area contributed by atoms with E-state index < -0.39 is 0 Å². The molecule has 1 heterocycles. The van der Waals surface area contributed by atoms with Gasteiger partial charge in [0.05, 0.1) is 5.92 Å². The summed E-state index contributed by atoms with van der Waals surface area (Å²) in [5.41, 5.74) is 0. The summed E-state index contributed by atoms with van der Waals surface area (Å²) in [5.74, 6) is 0.426. The van der Waals surface area contributed by atoms with Gasteiger partial charge in [-0.2, -0.15) is 0 Å². The van der Waals surface area contributed by atoms with E-state index in [0.29, 0.717) is 5.92 Å². The summed E-state index contributed by atoms with van der Waals surface area (Å²) in [5, 5.41) is 0. The highest BCUT2D eigenvalue weighted by Crippen LogP contribution is 2.35. The third kappa shape index (κ3) is 0.618. The Morgan fingerprint density at radius 2 is 2.50 bits per heavy atom. The van der Waals surface area contributed by atoms with Gasteiger partial charge in [-0.05, 0) is 0 Å². The van der Waals surface area contributed by atoms with Crippen molar-refractivity contribution in [3.63, 3.8) is 0 Å². The van der Waals surface area contributed by atoms with Gasteiger partial charge in [-0.3, -0.25) is 4.79 Å². The van der Waals surface area contributed by atoms with Crippen LogP contribution < -0.4 is 0 Å². The van der Waals surface area contributed by atoms with E-state index >= 15 is 0 Å². The van der Waals surface area contributed by atoms with E-state index in [0.717, 1.165) is 6.42 Å². The van der Waals surface area contributed by atoms with Crippen LogP contribution in [0.25, 0.3) is 0 Å². The topological polar surface area (TPSA) is 26.3 Å². The minimum Gasteiger partial charge on any atom is -0.461 e. The van der Waals surface area contributed by atoms with E-state index in [2.05, 4.69) is 12.2 Å². The molecule has 2 aliphatic rings. The van der Waals surface area contributed by atoms with Gasteiger partial charge in [-0.15, -0.1) is 0 Å². The molecule has 0 radical (unpaired) electrons. The van der Waals surface area contributed by atoms with Gasteiger partial charge in [0, 0.05) is 12.3 Å². The van der Waals surface area contributed by atoms with Crippen LogP contribution in [0.3, 0.4) is 0 Å². The number of carbonyl (C=O) groups is 1. The Hall–Kier alpha value is -0.790. The molecule has 2 nitrogen and oxygen atoms in total. The second-order valence-electron chi connectivity index (χ2n) is 3.01. The third-order valence-electron chi connectivity index (χ3n) is 2.37. The highest BCUT2D eigenvalue weighted by molar-refractivity contribution is 5.75. The zero-order valence-corrected chi connectivity index (χ0v) is 5.91. The fourth-order valence-corrected chi connectivity index (χ4v) is 1.68. The molecule has 10 heavy (non-hydrogen) atoms. The first-order valence-corrected chi connectivity index (χ1v) is 3.66. The van der Waals surface area contributed by atoms with Crippen molar-refractivity contribution in [2.75, 3.05) is 0 Å². The van der Waals surface area contributed by atoms with Gasteiger partial charge in [-0.25, -0.2) is 0 Å². The first-order valence-electron chi connectivity index (χ1n) is 3.66. The average Bonchev–Trinajstić information content (AvgIpc) is 2.41. The lowest BCUT2D eigenvalue weighted by atomic mass is 9.95. The van der Waals surface area contributed by atoms with Crippen molar-refractivity contribution in [3.05, 3.63) is 12.2 Å². The molecule has 0 aromatic rings. The molecule has 1 aliphatic carbocycles. The fraction of sp³-hybridized carbons (Fsp3) is 0.625. The van der Waals surface area contributed by atoms with Crippen molar-refractivity contribution in [2.24, 2.45) is 11.8 Å². The quantitative estimate of drug-likeness (QED) is 0.370. The molecule has 0 N–H and O–H groups in total. The zero-order chi connectivity index (χ0) is 7.14. The lowest BCUT2D eigenvalue weighted by molar-refractivity contribution is -0.143. The van der Waals surface area contributed by atoms with Crippen LogP contribution in [0.5, 0.6) is 0 Å². The third-order valence-corrected chi connectivity index (χ3v) is 2.37. The van der Waals surface area contributed by atoms with Gasteiger partial charge in [-0.1, -0.05) is 19.1 Å². The molecule has 1 fully saturated rings. The number of hydrogen-bond acceptors (Lipinski definition) is 2. The van der Waals surface area contributed by atoms with E-state index in [1.165, 1.54) is 0 Å². The number of esters is 1. The summed E-state index contributed by atoms with van der Waals surface area (Å²) in [6.07, 6.45) is 5.28. The SMILES string of the molecule is C[C@@H]1C(=O)O[C@@H]2CC=C[C@H]12. The Balaban J connectivity index is 2.23. The van der Waals surface area contributed by atoms with Crippen molar-refractivity contribution >= 4 is 5.97 Å². The molecular formula is C8H10O2. The van der Waals surface area contributed by atoms with E-state index in [1.807, 2.05) is 6.92 Å². The second-order valence-corrected chi connectivity index (χ2v) is 3.01. The van der Waals surface area contributed by atoms with Gasteiger partial charge in [0.1, 0.15) is 6.10 Å². The Bertz CT molecular complexity index is 195. The molecule has 2 heteroatoms. The lowest BCUT2D eigenvalue weighted by Crippen LogP contribution is -2.11. The van der Waals surface area contributed by atoms with Crippen molar-refractivity contribution in [2.45, 2.75) is 19.4 Å². The van der Waals surface area contributed by atoms with Crippen LogP contribution in [0.2, 0.25) is 0 Å². The minimum absolute atomic E-state index is 0.0284. The summed E-state index contributed by atoms with van der Waals surface area (Å²) in [4.78, 5) is 10.9. The molecule has 0 saturated carbocycles. The molecule has 0 unspecified atom stereocenters. The molecular weight excluding hydrogens is 128 g/mol. The highest BCUT2D eigenvalue weighted by Gasteiger charge is 2.41. The minimum atomic E-state index is -0.0284. The predicted octanol–water partition coefficient (Wildman–Crippen LogP) is 1.12. The molecule has 54 valence electrons. The van der Waals surface area contributed by atoms with Crippen molar-refractivity contribution in [1.82, 2.24) is 0 Å². The largest absolute Gasteiger partial charge is 0.461 e. The van der Waals surface area contributed by atoms with Gasteiger partial charge in [0.2, 0.25) is 0 Å². The summed E-state index contributed by atoms with van der Waals surface area (Å²) < 4.78 is 5.10. The van der Waals surface area contributed by atoms with Gasteiger partial charge in [0.15, 0.2) is 0 Å². The smallest absolute Gasteiger partial charge is 0.309 e. The van der Waals surface area contributed by atoms with Crippen molar-refractivity contribution in [1.29, 1.82) is 0 Å². The second kappa shape index (κ2) is 1.84. The maximum Gasteiger partial charge on any atom is 0.309 e. The predicted molar refractivity (Wildman–Crippen MR) is 36.3 cm³/mol. The Morgan fingerprint density at radius 1 is 1.70 bits per heavy atom. The van der Waals surface area contributed by atoms with Crippen LogP contribution in [0.4, 0.5) is 0 Å². The monoisotopic (exact) mass is 138 g/mol. The fourth-order valence-electron chi connectivity index (χ4n) is 1.68. The van der Waals surface area contributed by atoms with Gasteiger partial charge < -0.3 is 4.74 Å². The van der Waals surface area contributed by atoms with E-state index in [1.54, 1.807) is 0 Å². The highest BCUT2D eigenvalue weighted by atomic mass is 16.6. The number of hydrogen-bond donors (Lipinski definition) is 0. The molecule has 0 aromatic heterocycles. The molecule has 2 rings (SSSR count). The molecule has 1 aliphatic heterocycles. The molecule has 1 saturated heterocycles. The molecule has 0 spiro atoms. The van der Waals surface area contributed by atoms with Crippen LogP contribution >= 0.6 is 0 Å². The Labute approximate surface area is 59.9 Å². The maximum atomic E-state index is 10.9. The standard InChI is InChI=1S/C8H10O2/c1-5-6-3-2-4-7(6)10-8(5)9/h2-3,5-7H,4H2,1H3/t5-,6+,7+/m0/s1. The van der Waals surface area contributed by atoms with Crippen LogP contribution in [0.1, 0.15) is 13.3 Å². The van der Waals surface area contributed by atoms with Crippen LogP contribution in [-0.2, 0) is 9.53 Å². The molecule has 0 bridgehead atoms. The van der Waals surface area contributed by atoms with E-state index in [-0.39, 0.29) is 18.0 Å². The van der Waals surface area contributed by atoms with E-state index in [4.69, 9.17) is 4.74 Å². The Morgan fingerprint density at radius 3 is 3.20 bits per heavy atom. The number of fused-ring (bicyclic) bond motifs is 1. The average molecular weight is 138 g/mol. The molecule has 3 atom stereocenters. The van der Waals surface area contributed by atoms with Crippen LogP contribution in [0, 0.1) is 11.8 Å². The van der Waals surface area contributed by atoms with E-state index in [9.17, 15) is 4.79 Å². The summed E-state index contributed by atoms with van der Waals surface area (Å²) in [7, 11) is 0. The first-order chi connectivity index (χ1) is 4.79. The number of ether oxygens (including phenoxy) is 1. The number of carbonyl (C=O) groups excluding carboxylic acids is 1. The van der Waals surface area contributed by atoms with Crippen LogP contribution in [-0.4, -0.2) is 12.1 Å². The lowest BCUT2D eigenvalue weighted by Gasteiger charge is -2.05. The number of rotatable bonds is 0. The normalized spacial score (nSPS) is 43.7. The molecule has 0 aromatic carbocycles. The summed E-state index contributed by atoms with van der Waals surface area (Å²) in [6.45, 7) is 1.93.